The molecule has 0 bridgehead atoms. The molecule has 45 heavy (non-hydrogen) atoms. The fourth-order valence-electron chi connectivity index (χ4n) is 5.50. The number of carbonyl (C=O) groups excluding carboxylic acids is 7. The predicted molar refractivity (Wildman–Crippen MR) is 148 cm³/mol. The van der Waals surface area contributed by atoms with Gasteiger partial charge in [-0.3, -0.25) is 33.6 Å². The van der Waals surface area contributed by atoms with Gasteiger partial charge in [0.1, 0.15) is 31.0 Å². The fourth-order valence-corrected chi connectivity index (χ4v) is 5.50. The first kappa shape index (κ1) is 37.4. The summed E-state index contributed by atoms with van der Waals surface area (Å²) in [4.78, 5) is 84.7. The zero-order valence-electron chi connectivity index (χ0n) is 26.5. The molecule has 17 heteroatoms. The van der Waals surface area contributed by atoms with Gasteiger partial charge in [0, 0.05) is 67.5 Å². The summed E-state index contributed by atoms with van der Waals surface area (Å²) in [5.74, 6) is -5.61. The average Bonchev–Trinajstić information content (AvgIpc) is 2.90. The first-order chi connectivity index (χ1) is 21.0. The third-order valence-corrected chi connectivity index (χ3v) is 6.94. The quantitative estimate of drug-likeness (QED) is 0.193. The number of carbonyl (C=O) groups is 7. The van der Waals surface area contributed by atoms with E-state index >= 15 is 0 Å². The van der Waals surface area contributed by atoms with Gasteiger partial charge in [-0.25, -0.2) is 0 Å². The topological polar surface area (TPSA) is 217 Å². The number of amides is 1. The Morgan fingerprint density at radius 1 is 0.622 bits per heavy atom. The van der Waals surface area contributed by atoms with Gasteiger partial charge in [0.15, 0.2) is 18.5 Å². The number of ether oxygens (including phenoxy) is 8. The minimum absolute atomic E-state index is 0.0109. The van der Waals surface area contributed by atoms with Crippen LogP contribution in [0.2, 0.25) is 0 Å². The second kappa shape index (κ2) is 17.0. The normalized spacial score (nSPS) is 31.0. The molecule has 0 unspecified atom stereocenters. The molecule has 0 radical (unpaired) electrons. The van der Waals surface area contributed by atoms with E-state index in [-0.39, 0.29) is 19.6 Å². The van der Waals surface area contributed by atoms with Crippen molar-refractivity contribution in [3.8, 4) is 0 Å². The first-order valence-corrected chi connectivity index (χ1v) is 14.2. The molecule has 1 saturated carbocycles. The van der Waals surface area contributed by atoms with Gasteiger partial charge < -0.3 is 48.5 Å². The van der Waals surface area contributed by atoms with Crippen LogP contribution in [0.5, 0.6) is 0 Å². The lowest BCUT2D eigenvalue weighted by Crippen LogP contribution is -2.72. The van der Waals surface area contributed by atoms with Gasteiger partial charge in [0.2, 0.25) is 5.91 Å². The average molecular weight is 647 g/mol. The summed E-state index contributed by atoms with van der Waals surface area (Å²) >= 11 is 0. The summed E-state index contributed by atoms with van der Waals surface area (Å²) in [6.07, 6.45) is -7.36. The molecule has 1 saturated heterocycles. The van der Waals surface area contributed by atoms with Crippen molar-refractivity contribution < 1.29 is 71.5 Å². The van der Waals surface area contributed by atoms with Crippen molar-refractivity contribution in [3.63, 3.8) is 0 Å². The summed E-state index contributed by atoms with van der Waals surface area (Å²) in [6, 6.07) is -3.14. The highest BCUT2D eigenvalue weighted by molar-refractivity contribution is 5.73. The van der Waals surface area contributed by atoms with E-state index in [2.05, 4.69) is 10.6 Å². The molecule has 1 amide bonds. The molecule has 2 fully saturated rings. The molecular weight excluding hydrogens is 604 g/mol. The number of hydrogen-bond acceptors (Lipinski definition) is 16. The molecule has 2 aliphatic rings. The molecule has 0 aromatic rings. The number of esters is 6. The lowest BCUT2D eigenvalue weighted by atomic mass is 9.78. The maximum atomic E-state index is 12.3. The van der Waals surface area contributed by atoms with Gasteiger partial charge in [0.05, 0.1) is 12.6 Å². The second-order valence-corrected chi connectivity index (χ2v) is 10.7. The molecule has 2 rings (SSSR count). The molecule has 10 atom stereocenters. The summed E-state index contributed by atoms with van der Waals surface area (Å²) < 4.78 is 44.3. The maximum Gasteiger partial charge on any atom is 0.303 e. The van der Waals surface area contributed by atoms with E-state index < -0.39 is 103 Å². The number of methoxy groups -OCH3 is 1. The van der Waals surface area contributed by atoms with Gasteiger partial charge >= 0.3 is 35.8 Å². The Morgan fingerprint density at radius 3 is 1.60 bits per heavy atom. The highest BCUT2D eigenvalue weighted by atomic mass is 16.7. The van der Waals surface area contributed by atoms with Crippen LogP contribution in [0.3, 0.4) is 0 Å². The van der Waals surface area contributed by atoms with Crippen LogP contribution in [0.1, 0.15) is 54.9 Å². The van der Waals surface area contributed by atoms with Crippen molar-refractivity contribution in [2.75, 3.05) is 20.3 Å². The lowest BCUT2D eigenvalue weighted by molar-refractivity contribution is -0.247. The van der Waals surface area contributed by atoms with Gasteiger partial charge in [0.25, 0.3) is 0 Å². The van der Waals surface area contributed by atoms with Gasteiger partial charge in [-0.2, -0.15) is 0 Å². The fraction of sp³-hybridized carbons (Fsp3) is 0.750. The highest BCUT2D eigenvalue weighted by Gasteiger charge is 2.55. The van der Waals surface area contributed by atoms with Crippen LogP contribution in [-0.4, -0.2) is 117 Å². The third kappa shape index (κ3) is 11.2. The SMILES string of the molecule is CO[C@@H]1O[C@H](COC(C)=O)[C@@H](N[C@@H]2C[C@H](COC(C)=O)[C@H](OC(C)=O)[C@H](OC(C)=O)[C@H]2OC(C)=O)[C@H](OC(C)=O)[C@H]1NC(C)=O. The molecule has 0 aromatic heterocycles. The Hall–Kier alpha value is -3.83. The number of nitrogens with one attached hydrogen (secondary N) is 2. The molecular formula is C28H42N2O15. The van der Waals surface area contributed by atoms with Crippen LogP contribution < -0.4 is 10.6 Å². The molecule has 254 valence electrons. The minimum atomic E-state index is -1.39. The van der Waals surface area contributed by atoms with Crippen LogP contribution in [0, 0.1) is 5.92 Å². The van der Waals surface area contributed by atoms with Crippen LogP contribution in [0.4, 0.5) is 0 Å². The Bertz CT molecular complexity index is 1110. The lowest BCUT2D eigenvalue weighted by Gasteiger charge is -2.50. The van der Waals surface area contributed by atoms with Crippen LogP contribution >= 0.6 is 0 Å². The van der Waals surface area contributed by atoms with E-state index in [0.717, 1.165) is 27.7 Å². The second-order valence-electron chi connectivity index (χ2n) is 10.7. The summed E-state index contributed by atoms with van der Waals surface area (Å²) in [5, 5.41) is 5.89. The smallest absolute Gasteiger partial charge is 0.303 e. The zero-order valence-corrected chi connectivity index (χ0v) is 26.5. The Labute approximate surface area is 260 Å². The molecule has 0 aromatic carbocycles. The first-order valence-electron chi connectivity index (χ1n) is 14.2. The van der Waals surface area contributed by atoms with E-state index in [9.17, 15) is 33.6 Å². The number of rotatable bonds is 12. The Balaban J connectivity index is 2.69. The minimum Gasteiger partial charge on any atom is -0.465 e. The van der Waals surface area contributed by atoms with E-state index in [4.69, 9.17) is 37.9 Å². The van der Waals surface area contributed by atoms with Crippen molar-refractivity contribution >= 4 is 41.7 Å². The largest absolute Gasteiger partial charge is 0.465 e. The summed E-state index contributed by atoms with van der Waals surface area (Å²) in [6.45, 7) is 7.48. The van der Waals surface area contributed by atoms with E-state index in [1.807, 2.05) is 0 Å². The van der Waals surface area contributed by atoms with Crippen molar-refractivity contribution in [2.24, 2.45) is 5.92 Å². The standard InChI is InChI=1S/C28H42N2O15/c1-12(31)29-23-26(43-17(6)36)22(21(11-40-14(3)33)45-28(23)38-8)30-20-9-19(10-39-13(2)32)24(41-15(4)34)27(44-18(7)37)25(20)42-16(5)35/h19-28,30H,9-11H2,1-8H3,(H,29,31)/t19-,20-,21-,22-,23-,24+,25+,26+,27+,28-/m1/s1. The van der Waals surface area contributed by atoms with E-state index in [1.165, 1.54) is 27.9 Å². The summed E-state index contributed by atoms with van der Waals surface area (Å²) in [5.41, 5.74) is 0. The summed E-state index contributed by atoms with van der Waals surface area (Å²) in [7, 11) is 1.30. The molecule has 1 aliphatic heterocycles. The predicted octanol–water partition coefficient (Wildman–Crippen LogP) is -0.938. The highest BCUT2D eigenvalue weighted by Crippen LogP contribution is 2.35. The molecule has 1 heterocycles. The number of hydrogen-bond donors (Lipinski definition) is 2. The van der Waals surface area contributed by atoms with Crippen molar-refractivity contribution in [2.45, 2.75) is 110 Å². The van der Waals surface area contributed by atoms with Gasteiger partial charge in [-0.15, -0.1) is 0 Å². The van der Waals surface area contributed by atoms with Gasteiger partial charge in [-0.05, 0) is 6.42 Å². The van der Waals surface area contributed by atoms with E-state index in [0.29, 0.717) is 0 Å². The van der Waals surface area contributed by atoms with Crippen molar-refractivity contribution in [1.29, 1.82) is 0 Å². The zero-order chi connectivity index (χ0) is 34.0. The Morgan fingerprint density at radius 2 is 1.11 bits per heavy atom. The van der Waals surface area contributed by atoms with E-state index in [1.54, 1.807) is 0 Å². The van der Waals surface area contributed by atoms with Crippen LogP contribution in [-0.2, 0) is 71.5 Å². The van der Waals surface area contributed by atoms with Gasteiger partial charge in [-0.1, -0.05) is 0 Å². The maximum absolute atomic E-state index is 12.3. The molecule has 17 nitrogen and oxygen atoms in total. The third-order valence-electron chi connectivity index (χ3n) is 6.94. The van der Waals surface area contributed by atoms with Crippen LogP contribution in [0.25, 0.3) is 0 Å². The van der Waals surface area contributed by atoms with Crippen molar-refractivity contribution in [3.05, 3.63) is 0 Å². The Kier molecular flexibility index (Phi) is 14.1. The molecule has 1 aliphatic carbocycles. The molecule has 2 N–H and O–H groups in total. The van der Waals surface area contributed by atoms with Crippen molar-refractivity contribution in [1.82, 2.24) is 10.6 Å². The monoisotopic (exact) mass is 646 g/mol. The van der Waals surface area contributed by atoms with Crippen LogP contribution in [0.15, 0.2) is 0 Å². The molecule has 0 spiro atoms.